The molecular formula is C13H22ClN3. The van der Waals surface area contributed by atoms with E-state index in [0.717, 1.165) is 24.6 Å². The highest BCUT2D eigenvalue weighted by Crippen LogP contribution is 2.32. The third-order valence-corrected chi connectivity index (χ3v) is 4.27. The van der Waals surface area contributed by atoms with Crippen molar-refractivity contribution < 1.29 is 0 Å². The molecule has 0 N–H and O–H groups in total. The number of hydrogen-bond acceptors (Lipinski definition) is 2. The van der Waals surface area contributed by atoms with E-state index in [1.165, 1.54) is 25.7 Å². The second-order valence-electron chi connectivity index (χ2n) is 5.31. The minimum atomic E-state index is 0.315. The van der Waals surface area contributed by atoms with Gasteiger partial charge in [0.05, 0.1) is 0 Å². The first-order valence-corrected chi connectivity index (χ1v) is 7.14. The Kier molecular flexibility index (Phi) is 4.43. The Hall–Kier alpha value is -0.570. The molecule has 4 heteroatoms. The normalized spacial score (nSPS) is 19.1. The summed E-state index contributed by atoms with van der Waals surface area (Å²) in [5, 5.41) is 4.57. The fourth-order valence-corrected chi connectivity index (χ4v) is 3.07. The van der Waals surface area contributed by atoms with Crippen LogP contribution in [0, 0.1) is 5.92 Å². The molecule has 0 spiro atoms. The smallest absolute Gasteiger partial charge is 0.138 e. The number of aryl methyl sites for hydroxylation is 1. The standard InChI is InChI=1S/C13H22ClN3/c1-10(2)17-13(15-9-16-17)8-7-12(14)11-5-3-4-6-11/h9-12H,3-8H2,1-2H3. The maximum atomic E-state index is 6.48. The summed E-state index contributed by atoms with van der Waals surface area (Å²) in [6.45, 7) is 4.26. The average molecular weight is 256 g/mol. The van der Waals surface area contributed by atoms with E-state index < -0.39 is 0 Å². The van der Waals surface area contributed by atoms with Crippen LogP contribution < -0.4 is 0 Å². The van der Waals surface area contributed by atoms with Crippen LogP contribution in [0.5, 0.6) is 0 Å². The summed E-state index contributed by atoms with van der Waals surface area (Å²) in [6, 6.07) is 0.382. The molecule has 1 atom stereocenters. The molecule has 1 saturated carbocycles. The molecule has 1 aliphatic carbocycles. The molecule has 0 bridgehead atoms. The van der Waals surface area contributed by atoms with Gasteiger partial charge in [-0.15, -0.1) is 11.6 Å². The molecule has 1 unspecified atom stereocenters. The number of hydrogen-bond donors (Lipinski definition) is 0. The van der Waals surface area contributed by atoms with Gasteiger partial charge in [-0.1, -0.05) is 12.8 Å². The molecule has 0 aliphatic heterocycles. The molecular weight excluding hydrogens is 234 g/mol. The summed E-state index contributed by atoms with van der Waals surface area (Å²) in [4.78, 5) is 4.33. The molecule has 3 nitrogen and oxygen atoms in total. The van der Waals surface area contributed by atoms with Gasteiger partial charge in [0, 0.05) is 17.8 Å². The van der Waals surface area contributed by atoms with Gasteiger partial charge in [-0.05, 0) is 39.0 Å². The Morgan fingerprint density at radius 2 is 2.12 bits per heavy atom. The summed E-state index contributed by atoms with van der Waals surface area (Å²) < 4.78 is 2.00. The molecule has 17 heavy (non-hydrogen) atoms. The Morgan fingerprint density at radius 3 is 2.76 bits per heavy atom. The fourth-order valence-electron chi connectivity index (χ4n) is 2.71. The van der Waals surface area contributed by atoms with E-state index in [-0.39, 0.29) is 0 Å². The topological polar surface area (TPSA) is 30.7 Å². The predicted molar refractivity (Wildman–Crippen MR) is 70.3 cm³/mol. The molecule has 0 aromatic carbocycles. The van der Waals surface area contributed by atoms with Crippen molar-refractivity contribution in [1.82, 2.24) is 14.8 Å². The molecule has 2 rings (SSSR count). The second-order valence-corrected chi connectivity index (χ2v) is 5.87. The third kappa shape index (κ3) is 3.21. The average Bonchev–Trinajstić information content (AvgIpc) is 2.96. The quantitative estimate of drug-likeness (QED) is 0.753. The molecule has 0 saturated heterocycles. The van der Waals surface area contributed by atoms with Gasteiger partial charge >= 0.3 is 0 Å². The summed E-state index contributed by atoms with van der Waals surface area (Å²) in [6.07, 6.45) is 8.96. The van der Waals surface area contributed by atoms with Crippen molar-refractivity contribution in [2.24, 2.45) is 5.92 Å². The fraction of sp³-hybridized carbons (Fsp3) is 0.846. The highest BCUT2D eigenvalue weighted by atomic mass is 35.5. The van der Waals surface area contributed by atoms with Crippen LogP contribution in [0.3, 0.4) is 0 Å². The van der Waals surface area contributed by atoms with Crippen LogP contribution >= 0.6 is 11.6 Å². The van der Waals surface area contributed by atoms with E-state index in [2.05, 4.69) is 23.9 Å². The van der Waals surface area contributed by atoms with E-state index in [4.69, 9.17) is 11.6 Å². The molecule has 0 radical (unpaired) electrons. The molecule has 1 aromatic rings. The zero-order valence-corrected chi connectivity index (χ0v) is 11.5. The van der Waals surface area contributed by atoms with E-state index in [9.17, 15) is 0 Å². The summed E-state index contributed by atoms with van der Waals surface area (Å²) in [5.41, 5.74) is 0. The molecule has 96 valence electrons. The zero-order valence-electron chi connectivity index (χ0n) is 10.8. The Morgan fingerprint density at radius 1 is 1.41 bits per heavy atom. The van der Waals surface area contributed by atoms with Gasteiger partial charge < -0.3 is 0 Å². The van der Waals surface area contributed by atoms with E-state index in [1.807, 2.05) is 4.68 Å². The lowest BCUT2D eigenvalue weighted by atomic mass is 10.00. The van der Waals surface area contributed by atoms with Crippen molar-refractivity contribution >= 4 is 11.6 Å². The van der Waals surface area contributed by atoms with Gasteiger partial charge in [-0.3, -0.25) is 0 Å². The maximum absolute atomic E-state index is 6.48. The van der Waals surface area contributed by atoms with Gasteiger partial charge in [0.1, 0.15) is 12.2 Å². The monoisotopic (exact) mass is 255 g/mol. The lowest BCUT2D eigenvalue weighted by molar-refractivity contribution is 0.465. The highest BCUT2D eigenvalue weighted by molar-refractivity contribution is 6.20. The van der Waals surface area contributed by atoms with Crippen molar-refractivity contribution in [2.75, 3.05) is 0 Å². The number of alkyl halides is 1. The van der Waals surface area contributed by atoms with Crippen molar-refractivity contribution in [1.29, 1.82) is 0 Å². The highest BCUT2D eigenvalue weighted by Gasteiger charge is 2.23. The minimum Gasteiger partial charge on any atom is -0.248 e. The SMILES string of the molecule is CC(C)n1ncnc1CCC(Cl)C1CCCC1. The number of rotatable bonds is 5. The minimum absolute atomic E-state index is 0.315. The summed E-state index contributed by atoms with van der Waals surface area (Å²) in [5.74, 6) is 1.80. The molecule has 1 aliphatic rings. The van der Waals surface area contributed by atoms with Crippen LogP contribution in [0.15, 0.2) is 6.33 Å². The first kappa shape index (κ1) is 12.9. The van der Waals surface area contributed by atoms with Crippen molar-refractivity contribution in [3.8, 4) is 0 Å². The number of aromatic nitrogens is 3. The Bertz CT molecular complexity index is 342. The first-order chi connectivity index (χ1) is 8.18. The zero-order chi connectivity index (χ0) is 12.3. The van der Waals surface area contributed by atoms with E-state index in [0.29, 0.717) is 11.4 Å². The number of nitrogens with zero attached hydrogens (tertiary/aromatic N) is 3. The van der Waals surface area contributed by atoms with Crippen molar-refractivity contribution in [3.05, 3.63) is 12.2 Å². The van der Waals surface area contributed by atoms with Gasteiger partial charge in [0.25, 0.3) is 0 Å². The van der Waals surface area contributed by atoms with Crippen LogP contribution in [-0.2, 0) is 6.42 Å². The largest absolute Gasteiger partial charge is 0.248 e. The van der Waals surface area contributed by atoms with Gasteiger partial charge in [0.2, 0.25) is 0 Å². The maximum Gasteiger partial charge on any atom is 0.138 e. The van der Waals surface area contributed by atoms with Crippen molar-refractivity contribution in [2.45, 2.75) is 63.8 Å². The van der Waals surface area contributed by atoms with E-state index >= 15 is 0 Å². The molecule has 0 amide bonds. The molecule has 1 heterocycles. The Balaban J connectivity index is 1.86. The van der Waals surface area contributed by atoms with Gasteiger partial charge in [0.15, 0.2) is 0 Å². The van der Waals surface area contributed by atoms with Crippen molar-refractivity contribution in [3.63, 3.8) is 0 Å². The first-order valence-electron chi connectivity index (χ1n) is 6.71. The molecule has 1 aromatic heterocycles. The van der Waals surface area contributed by atoms with Gasteiger partial charge in [-0.25, -0.2) is 9.67 Å². The van der Waals surface area contributed by atoms with Crippen LogP contribution in [0.4, 0.5) is 0 Å². The second kappa shape index (κ2) is 5.85. The van der Waals surface area contributed by atoms with Crippen LogP contribution in [0.1, 0.15) is 57.8 Å². The van der Waals surface area contributed by atoms with Crippen LogP contribution in [0.25, 0.3) is 0 Å². The van der Waals surface area contributed by atoms with Crippen LogP contribution in [0.2, 0.25) is 0 Å². The van der Waals surface area contributed by atoms with Gasteiger partial charge in [-0.2, -0.15) is 5.10 Å². The van der Waals surface area contributed by atoms with Crippen LogP contribution in [-0.4, -0.2) is 20.1 Å². The lowest BCUT2D eigenvalue weighted by Gasteiger charge is -2.16. The summed E-state index contributed by atoms with van der Waals surface area (Å²) in [7, 11) is 0. The third-order valence-electron chi connectivity index (χ3n) is 3.69. The Labute approximate surface area is 109 Å². The van der Waals surface area contributed by atoms with E-state index in [1.54, 1.807) is 6.33 Å². The molecule has 1 fully saturated rings. The number of halogens is 1. The predicted octanol–water partition coefficient (Wildman–Crippen LogP) is 3.59. The summed E-state index contributed by atoms with van der Waals surface area (Å²) >= 11 is 6.48. The lowest BCUT2D eigenvalue weighted by Crippen LogP contribution is -2.15.